The molecule has 2 rings (SSSR count). The number of carboxylic acids is 1. The topological polar surface area (TPSA) is 119 Å². The molecule has 9 nitrogen and oxygen atoms in total. The van der Waals surface area contributed by atoms with Gasteiger partial charge in [-0.05, 0) is 6.07 Å². The minimum atomic E-state index is -1.05. The van der Waals surface area contributed by atoms with E-state index in [9.17, 15) is 9.59 Å². The van der Waals surface area contributed by atoms with Crippen LogP contribution in [0.4, 0.5) is 0 Å². The third kappa shape index (κ3) is 4.63. The number of amides is 1. The lowest BCUT2D eigenvalue weighted by Gasteiger charge is -2.11. The first kappa shape index (κ1) is 18.6. The summed E-state index contributed by atoms with van der Waals surface area (Å²) in [4.78, 5) is 22.3. The molecule has 1 saturated heterocycles. The standard InChI is InChI=1S/C15H17N3O6S/c1-22-9-5-11(24-3)10(23-2)4-8(9)7-16-18-15-17-14(21)12(25-15)6-13(19)20/h4-5,7,12H,6H2,1-3H3,(H,19,20)(H,17,18,21)/b16-7+. The molecule has 0 aliphatic carbocycles. The summed E-state index contributed by atoms with van der Waals surface area (Å²) in [6.07, 6.45) is 1.16. The van der Waals surface area contributed by atoms with E-state index in [4.69, 9.17) is 19.3 Å². The van der Waals surface area contributed by atoms with E-state index in [0.717, 1.165) is 11.8 Å². The Morgan fingerprint density at radius 3 is 2.48 bits per heavy atom. The van der Waals surface area contributed by atoms with Crippen LogP contribution in [0, 0.1) is 0 Å². The largest absolute Gasteiger partial charge is 0.496 e. The van der Waals surface area contributed by atoms with Crippen LogP contribution >= 0.6 is 11.8 Å². The lowest BCUT2D eigenvalue weighted by atomic mass is 10.2. The second-order valence-electron chi connectivity index (χ2n) is 4.79. The number of nitrogens with one attached hydrogen (secondary N) is 1. The maximum Gasteiger partial charge on any atom is 0.305 e. The zero-order chi connectivity index (χ0) is 18.4. The molecule has 25 heavy (non-hydrogen) atoms. The molecule has 10 heteroatoms. The van der Waals surface area contributed by atoms with E-state index >= 15 is 0 Å². The Bertz CT molecular complexity index is 734. The van der Waals surface area contributed by atoms with Gasteiger partial charge >= 0.3 is 5.97 Å². The van der Waals surface area contributed by atoms with E-state index in [1.54, 1.807) is 12.1 Å². The van der Waals surface area contributed by atoms with Gasteiger partial charge in [-0.1, -0.05) is 11.8 Å². The molecule has 0 bridgehead atoms. The zero-order valence-electron chi connectivity index (χ0n) is 13.8. The number of ether oxygens (including phenoxy) is 3. The lowest BCUT2D eigenvalue weighted by Crippen LogP contribution is -2.26. The number of hydrogen-bond acceptors (Lipinski definition) is 8. The normalized spacial score (nSPS) is 18.4. The molecule has 1 aromatic rings. The summed E-state index contributed by atoms with van der Waals surface area (Å²) < 4.78 is 15.7. The maximum atomic E-state index is 11.6. The van der Waals surface area contributed by atoms with Gasteiger partial charge in [-0.15, -0.1) is 5.10 Å². The van der Waals surface area contributed by atoms with Gasteiger partial charge < -0.3 is 24.6 Å². The van der Waals surface area contributed by atoms with Crippen LogP contribution in [-0.2, 0) is 9.59 Å². The fourth-order valence-corrected chi connectivity index (χ4v) is 2.96. The molecule has 0 radical (unpaired) electrons. The second-order valence-corrected chi connectivity index (χ2v) is 5.98. The van der Waals surface area contributed by atoms with Gasteiger partial charge in [-0.3, -0.25) is 9.59 Å². The molecule has 1 amide bonds. The number of amidine groups is 1. The smallest absolute Gasteiger partial charge is 0.305 e. The molecule has 1 fully saturated rings. The lowest BCUT2D eigenvalue weighted by molar-refractivity contribution is -0.138. The highest BCUT2D eigenvalue weighted by molar-refractivity contribution is 8.15. The second kappa shape index (κ2) is 8.38. The van der Waals surface area contributed by atoms with Gasteiger partial charge in [-0.2, -0.15) is 5.10 Å². The summed E-state index contributed by atoms with van der Waals surface area (Å²) in [5.74, 6) is 0.0754. The number of aliphatic carboxylic acids is 1. The average molecular weight is 367 g/mol. The van der Waals surface area contributed by atoms with E-state index in [1.807, 2.05) is 0 Å². The van der Waals surface area contributed by atoms with Crippen molar-refractivity contribution in [2.75, 3.05) is 21.3 Å². The molecule has 1 atom stereocenters. The molecule has 0 saturated carbocycles. The van der Waals surface area contributed by atoms with Crippen LogP contribution in [0.2, 0.25) is 0 Å². The van der Waals surface area contributed by atoms with Crippen molar-refractivity contribution < 1.29 is 28.9 Å². The van der Waals surface area contributed by atoms with Gasteiger partial charge in [0.25, 0.3) is 0 Å². The van der Waals surface area contributed by atoms with Crippen molar-refractivity contribution in [3.05, 3.63) is 17.7 Å². The highest BCUT2D eigenvalue weighted by atomic mass is 32.2. The molecular formula is C15H17N3O6S. The van der Waals surface area contributed by atoms with Crippen molar-refractivity contribution in [3.8, 4) is 17.2 Å². The van der Waals surface area contributed by atoms with Gasteiger partial charge in [0.05, 0.1) is 34.0 Å². The summed E-state index contributed by atoms with van der Waals surface area (Å²) in [7, 11) is 4.54. The summed E-state index contributed by atoms with van der Waals surface area (Å²) in [5, 5.41) is 18.6. The number of benzene rings is 1. The molecule has 0 spiro atoms. The van der Waals surface area contributed by atoms with Crippen molar-refractivity contribution in [2.45, 2.75) is 11.7 Å². The molecule has 1 unspecified atom stereocenters. The fourth-order valence-electron chi connectivity index (χ4n) is 2.04. The van der Waals surface area contributed by atoms with E-state index in [0.29, 0.717) is 22.8 Å². The third-order valence-electron chi connectivity index (χ3n) is 3.22. The Morgan fingerprint density at radius 1 is 1.24 bits per heavy atom. The minimum absolute atomic E-state index is 0.243. The van der Waals surface area contributed by atoms with Gasteiger partial charge in [0, 0.05) is 11.6 Å². The molecule has 1 aromatic carbocycles. The number of methoxy groups -OCH3 is 3. The Morgan fingerprint density at radius 2 is 1.88 bits per heavy atom. The molecule has 1 aliphatic rings. The summed E-state index contributed by atoms with van der Waals surface area (Å²) in [6, 6.07) is 3.33. The highest BCUT2D eigenvalue weighted by Crippen LogP contribution is 2.33. The van der Waals surface area contributed by atoms with Crippen LogP contribution < -0.4 is 19.5 Å². The minimum Gasteiger partial charge on any atom is -0.496 e. The molecule has 1 heterocycles. The Balaban J connectivity index is 2.16. The summed E-state index contributed by atoms with van der Waals surface area (Å²) in [5.41, 5.74) is 0.598. The molecule has 134 valence electrons. The van der Waals surface area contributed by atoms with E-state index < -0.39 is 17.1 Å². The number of carboxylic acid groups (broad SMARTS) is 1. The summed E-state index contributed by atoms with van der Waals surface area (Å²) >= 11 is 1.02. The van der Waals surface area contributed by atoms with Crippen LogP contribution in [0.25, 0.3) is 0 Å². The Hall–Kier alpha value is -2.75. The van der Waals surface area contributed by atoms with Crippen molar-refractivity contribution in [3.63, 3.8) is 0 Å². The first-order chi connectivity index (χ1) is 12.0. The maximum absolute atomic E-state index is 11.6. The molecule has 1 aliphatic heterocycles. The van der Waals surface area contributed by atoms with Gasteiger partial charge in [0.2, 0.25) is 5.91 Å². The van der Waals surface area contributed by atoms with Crippen LogP contribution in [-0.4, -0.2) is 54.9 Å². The van der Waals surface area contributed by atoms with E-state index in [2.05, 4.69) is 15.5 Å². The van der Waals surface area contributed by atoms with Crippen LogP contribution in [0.1, 0.15) is 12.0 Å². The quantitative estimate of drug-likeness (QED) is 0.547. The predicted octanol–water partition coefficient (Wildman–Crippen LogP) is 1.11. The number of nitrogens with zero attached hydrogens (tertiary/aromatic N) is 2. The van der Waals surface area contributed by atoms with Crippen molar-refractivity contribution >= 4 is 35.0 Å². The first-order valence-corrected chi connectivity index (χ1v) is 7.96. The van der Waals surface area contributed by atoms with Crippen LogP contribution in [0.5, 0.6) is 17.2 Å². The zero-order valence-corrected chi connectivity index (χ0v) is 14.6. The Kier molecular flexibility index (Phi) is 6.23. The Labute approximate surface area is 148 Å². The predicted molar refractivity (Wildman–Crippen MR) is 92.9 cm³/mol. The first-order valence-electron chi connectivity index (χ1n) is 7.08. The van der Waals surface area contributed by atoms with Crippen LogP contribution in [0.3, 0.4) is 0 Å². The van der Waals surface area contributed by atoms with Crippen molar-refractivity contribution in [1.82, 2.24) is 5.32 Å². The highest BCUT2D eigenvalue weighted by Gasteiger charge is 2.32. The van der Waals surface area contributed by atoms with Crippen molar-refractivity contribution in [1.29, 1.82) is 0 Å². The van der Waals surface area contributed by atoms with Gasteiger partial charge in [-0.25, -0.2) is 0 Å². The van der Waals surface area contributed by atoms with E-state index in [1.165, 1.54) is 27.5 Å². The van der Waals surface area contributed by atoms with Gasteiger partial charge in [0.1, 0.15) is 11.0 Å². The molecule has 2 N–H and O–H groups in total. The van der Waals surface area contributed by atoms with Crippen molar-refractivity contribution in [2.24, 2.45) is 10.2 Å². The number of carbonyl (C=O) groups is 2. The third-order valence-corrected chi connectivity index (χ3v) is 4.29. The van der Waals surface area contributed by atoms with Crippen LogP contribution in [0.15, 0.2) is 22.3 Å². The number of thioether (sulfide) groups is 1. The molecular weight excluding hydrogens is 350 g/mol. The monoisotopic (exact) mass is 367 g/mol. The summed E-state index contributed by atoms with van der Waals surface area (Å²) in [6.45, 7) is 0. The average Bonchev–Trinajstić information content (AvgIpc) is 2.93. The number of rotatable bonds is 7. The fraction of sp³-hybridized carbons (Fsp3) is 0.333. The van der Waals surface area contributed by atoms with E-state index in [-0.39, 0.29) is 11.6 Å². The molecule has 0 aromatic heterocycles. The number of hydrogen-bond donors (Lipinski definition) is 2. The SMILES string of the molecule is COc1cc(OC)c(OC)cc1/C=N/N=C1/NC(=O)C(CC(=O)O)S1. The van der Waals surface area contributed by atoms with Gasteiger partial charge in [0.15, 0.2) is 16.7 Å². The number of carbonyl (C=O) groups excluding carboxylic acids is 1.